The van der Waals surface area contributed by atoms with Gasteiger partial charge in [-0.3, -0.25) is 0 Å². The first kappa shape index (κ1) is 15.7. The standard InChI is InChI=1S/C16H24O3/c1-11-7-12(2)9-13(8-11)15(17)19-14(10-18-6)16(3,4)5/h7-9,14H,10H2,1-6H3. The summed E-state index contributed by atoms with van der Waals surface area (Å²) in [5.74, 6) is -0.288. The van der Waals surface area contributed by atoms with Gasteiger partial charge in [-0.2, -0.15) is 0 Å². The summed E-state index contributed by atoms with van der Waals surface area (Å²) >= 11 is 0. The number of carbonyl (C=O) groups is 1. The molecule has 0 aliphatic rings. The highest BCUT2D eigenvalue weighted by molar-refractivity contribution is 5.90. The van der Waals surface area contributed by atoms with Gasteiger partial charge < -0.3 is 9.47 Å². The highest BCUT2D eigenvalue weighted by atomic mass is 16.6. The van der Waals surface area contributed by atoms with Gasteiger partial charge in [0.15, 0.2) is 0 Å². The van der Waals surface area contributed by atoms with E-state index >= 15 is 0 Å². The Labute approximate surface area is 115 Å². The number of benzene rings is 1. The number of esters is 1. The quantitative estimate of drug-likeness (QED) is 0.780. The van der Waals surface area contributed by atoms with Crippen molar-refractivity contribution in [3.05, 3.63) is 34.9 Å². The van der Waals surface area contributed by atoms with Crippen LogP contribution in [0.2, 0.25) is 0 Å². The molecule has 0 saturated carbocycles. The lowest BCUT2D eigenvalue weighted by atomic mass is 9.89. The summed E-state index contributed by atoms with van der Waals surface area (Å²) in [4.78, 5) is 12.2. The molecule has 106 valence electrons. The minimum absolute atomic E-state index is 0.148. The maximum atomic E-state index is 12.2. The smallest absolute Gasteiger partial charge is 0.338 e. The zero-order valence-electron chi connectivity index (χ0n) is 12.7. The van der Waals surface area contributed by atoms with Crippen LogP contribution in [-0.2, 0) is 9.47 Å². The number of ether oxygens (including phenoxy) is 2. The summed E-state index contributed by atoms with van der Waals surface area (Å²) in [6.07, 6.45) is -0.259. The van der Waals surface area contributed by atoms with E-state index in [1.807, 2.05) is 52.8 Å². The number of hydrogen-bond donors (Lipinski definition) is 0. The van der Waals surface area contributed by atoms with Crippen LogP contribution in [-0.4, -0.2) is 25.8 Å². The molecule has 0 radical (unpaired) electrons. The van der Waals surface area contributed by atoms with Gasteiger partial charge >= 0.3 is 5.97 Å². The largest absolute Gasteiger partial charge is 0.456 e. The van der Waals surface area contributed by atoms with E-state index < -0.39 is 0 Å². The van der Waals surface area contributed by atoms with Crippen LogP contribution >= 0.6 is 0 Å². The molecule has 0 aliphatic heterocycles. The van der Waals surface area contributed by atoms with Crippen molar-refractivity contribution in [2.24, 2.45) is 5.41 Å². The summed E-state index contributed by atoms with van der Waals surface area (Å²) in [6.45, 7) is 10.4. The molecule has 1 atom stereocenters. The maximum Gasteiger partial charge on any atom is 0.338 e. The molecule has 1 aromatic rings. The lowest BCUT2D eigenvalue weighted by Gasteiger charge is -2.29. The minimum atomic E-state index is -0.288. The van der Waals surface area contributed by atoms with Gasteiger partial charge in [0.1, 0.15) is 6.10 Å². The van der Waals surface area contributed by atoms with Crippen LogP contribution in [0.3, 0.4) is 0 Å². The van der Waals surface area contributed by atoms with Gasteiger partial charge in [0.25, 0.3) is 0 Å². The van der Waals surface area contributed by atoms with Crippen molar-refractivity contribution in [1.29, 1.82) is 0 Å². The van der Waals surface area contributed by atoms with Gasteiger partial charge in [0, 0.05) is 12.5 Å². The van der Waals surface area contributed by atoms with Gasteiger partial charge in [-0.05, 0) is 26.0 Å². The van der Waals surface area contributed by atoms with Gasteiger partial charge in [-0.15, -0.1) is 0 Å². The van der Waals surface area contributed by atoms with E-state index in [-0.39, 0.29) is 17.5 Å². The Kier molecular flexibility index (Phi) is 5.12. The van der Waals surface area contributed by atoms with Crippen LogP contribution < -0.4 is 0 Å². The molecular weight excluding hydrogens is 240 g/mol. The molecular formula is C16H24O3. The highest BCUT2D eigenvalue weighted by Gasteiger charge is 2.28. The van der Waals surface area contributed by atoms with E-state index in [4.69, 9.17) is 9.47 Å². The molecule has 0 N–H and O–H groups in total. The van der Waals surface area contributed by atoms with Crippen molar-refractivity contribution in [2.45, 2.75) is 40.7 Å². The van der Waals surface area contributed by atoms with Crippen LogP contribution in [0.4, 0.5) is 0 Å². The third kappa shape index (κ3) is 4.67. The molecule has 0 aliphatic carbocycles. The van der Waals surface area contributed by atoms with Crippen LogP contribution in [0.25, 0.3) is 0 Å². The van der Waals surface area contributed by atoms with Crippen molar-refractivity contribution >= 4 is 5.97 Å². The number of rotatable bonds is 4. The Morgan fingerprint density at radius 1 is 1.16 bits per heavy atom. The zero-order valence-corrected chi connectivity index (χ0v) is 12.7. The second-order valence-corrected chi connectivity index (χ2v) is 6.09. The predicted molar refractivity (Wildman–Crippen MR) is 76.5 cm³/mol. The molecule has 1 unspecified atom stereocenters. The lowest BCUT2D eigenvalue weighted by Crippen LogP contribution is -2.35. The van der Waals surface area contributed by atoms with Crippen LogP contribution in [0.1, 0.15) is 42.3 Å². The Balaban J connectivity index is 2.87. The summed E-state index contributed by atoms with van der Waals surface area (Å²) in [7, 11) is 1.61. The molecule has 3 nitrogen and oxygen atoms in total. The topological polar surface area (TPSA) is 35.5 Å². The monoisotopic (exact) mass is 264 g/mol. The van der Waals surface area contributed by atoms with Gasteiger partial charge in [0.2, 0.25) is 0 Å². The molecule has 0 aromatic heterocycles. The SMILES string of the molecule is COCC(OC(=O)c1cc(C)cc(C)c1)C(C)(C)C. The molecule has 0 bridgehead atoms. The van der Waals surface area contributed by atoms with Gasteiger partial charge in [0.05, 0.1) is 12.2 Å². The zero-order chi connectivity index (χ0) is 14.6. The Bertz CT molecular complexity index is 424. The van der Waals surface area contributed by atoms with Crippen molar-refractivity contribution in [2.75, 3.05) is 13.7 Å². The molecule has 3 heteroatoms. The van der Waals surface area contributed by atoms with Crippen LogP contribution in [0.5, 0.6) is 0 Å². The van der Waals surface area contributed by atoms with E-state index in [2.05, 4.69) is 0 Å². The fraction of sp³-hybridized carbons (Fsp3) is 0.562. The average molecular weight is 264 g/mol. The third-order valence-electron chi connectivity index (χ3n) is 2.99. The second-order valence-electron chi connectivity index (χ2n) is 6.09. The first-order chi connectivity index (χ1) is 8.74. The number of carbonyl (C=O) groups excluding carboxylic acids is 1. The Morgan fingerprint density at radius 3 is 2.11 bits per heavy atom. The number of aryl methyl sites for hydroxylation is 2. The summed E-state index contributed by atoms with van der Waals surface area (Å²) in [5.41, 5.74) is 2.57. The van der Waals surface area contributed by atoms with E-state index in [9.17, 15) is 4.79 Å². The third-order valence-corrected chi connectivity index (χ3v) is 2.99. The lowest BCUT2D eigenvalue weighted by molar-refractivity contribution is -0.0351. The van der Waals surface area contributed by atoms with Gasteiger partial charge in [-0.1, -0.05) is 38.0 Å². The normalized spacial score (nSPS) is 13.2. The molecule has 0 fully saturated rings. The average Bonchev–Trinajstić information content (AvgIpc) is 2.25. The Morgan fingerprint density at radius 2 is 1.68 bits per heavy atom. The molecule has 0 heterocycles. The van der Waals surface area contributed by atoms with Crippen molar-refractivity contribution in [3.8, 4) is 0 Å². The first-order valence-electron chi connectivity index (χ1n) is 6.52. The molecule has 0 saturated heterocycles. The highest BCUT2D eigenvalue weighted by Crippen LogP contribution is 2.24. The molecule has 0 spiro atoms. The van der Waals surface area contributed by atoms with Crippen molar-refractivity contribution in [3.63, 3.8) is 0 Å². The van der Waals surface area contributed by atoms with E-state index in [1.54, 1.807) is 7.11 Å². The fourth-order valence-corrected chi connectivity index (χ4v) is 1.90. The Hall–Kier alpha value is -1.35. The van der Waals surface area contributed by atoms with E-state index in [0.29, 0.717) is 12.2 Å². The first-order valence-corrected chi connectivity index (χ1v) is 6.52. The van der Waals surface area contributed by atoms with E-state index in [0.717, 1.165) is 11.1 Å². The van der Waals surface area contributed by atoms with Crippen LogP contribution in [0, 0.1) is 19.3 Å². The summed E-state index contributed by atoms with van der Waals surface area (Å²) < 4.78 is 10.7. The summed E-state index contributed by atoms with van der Waals surface area (Å²) in [6, 6.07) is 5.73. The minimum Gasteiger partial charge on any atom is -0.456 e. The van der Waals surface area contributed by atoms with Crippen LogP contribution in [0.15, 0.2) is 18.2 Å². The molecule has 1 aromatic carbocycles. The summed E-state index contributed by atoms with van der Waals surface area (Å²) in [5, 5.41) is 0. The van der Waals surface area contributed by atoms with Crippen molar-refractivity contribution in [1.82, 2.24) is 0 Å². The number of hydrogen-bond acceptors (Lipinski definition) is 3. The predicted octanol–water partition coefficient (Wildman–Crippen LogP) is 3.52. The van der Waals surface area contributed by atoms with Gasteiger partial charge in [-0.25, -0.2) is 4.79 Å². The van der Waals surface area contributed by atoms with Crippen molar-refractivity contribution < 1.29 is 14.3 Å². The molecule has 0 amide bonds. The number of methoxy groups -OCH3 is 1. The maximum absolute atomic E-state index is 12.2. The molecule has 19 heavy (non-hydrogen) atoms. The molecule has 1 rings (SSSR count). The second kappa shape index (κ2) is 6.20. The fourth-order valence-electron chi connectivity index (χ4n) is 1.90. The van der Waals surface area contributed by atoms with E-state index in [1.165, 1.54) is 0 Å².